The van der Waals surface area contributed by atoms with E-state index in [0.717, 1.165) is 35.5 Å². The Balaban J connectivity index is 1.83. The third kappa shape index (κ3) is 5.02. The van der Waals surface area contributed by atoms with Crippen molar-refractivity contribution in [2.24, 2.45) is 0 Å². The van der Waals surface area contributed by atoms with Gasteiger partial charge in [-0.1, -0.05) is 23.7 Å². The van der Waals surface area contributed by atoms with Gasteiger partial charge in [0, 0.05) is 16.5 Å². The van der Waals surface area contributed by atoms with E-state index in [9.17, 15) is 13.6 Å². The second-order valence-electron chi connectivity index (χ2n) is 4.27. The van der Waals surface area contributed by atoms with Crippen molar-refractivity contribution in [2.75, 3.05) is 5.75 Å². The standard InChI is InChI=1S/C15H12ClF2NOS/c16-11-3-1-2-10(6-11)8-19-15(20)9-21-14-7-12(17)4-5-13(14)18/h1-7H,8-9H2,(H,19,20). The van der Waals surface area contributed by atoms with Crippen molar-refractivity contribution in [1.29, 1.82) is 0 Å². The number of hydrogen-bond acceptors (Lipinski definition) is 2. The third-order valence-corrected chi connectivity index (χ3v) is 3.90. The van der Waals surface area contributed by atoms with Gasteiger partial charge in [0.25, 0.3) is 0 Å². The van der Waals surface area contributed by atoms with Gasteiger partial charge < -0.3 is 5.32 Å². The van der Waals surface area contributed by atoms with Gasteiger partial charge >= 0.3 is 0 Å². The lowest BCUT2D eigenvalue weighted by Gasteiger charge is -2.06. The lowest BCUT2D eigenvalue weighted by atomic mass is 10.2. The molecule has 1 amide bonds. The van der Waals surface area contributed by atoms with E-state index in [2.05, 4.69) is 5.32 Å². The molecule has 0 aliphatic rings. The number of nitrogens with one attached hydrogen (secondary N) is 1. The van der Waals surface area contributed by atoms with Gasteiger partial charge in [0.05, 0.1) is 5.75 Å². The summed E-state index contributed by atoms with van der Waals surface area (Å²) in [5.74, 6) is -1.31. The molecule has 0 aliphatic heterocycles. The first-order valence-corrected chi connectivity index (χ1v) is 7.50. The fourth-order valence-corrected chi connectivity index (χ4v) is 2.63. The molecule has 0 bridgehead atoms. The van der Waals surface area contributed by atoms with Crippen molar-refractivity contribution in [3.8, 4) is 0 Å². The molecule has 0 aromatic heterocycles. The normalized spacial score (nSPS) is 10.4. The third-order valence-electron chi connectivity index (χ3n) is 2.63. The van der Waals surface area contributed by atoms with E-state index < -0.39 is 11.6 Å². The van der Waals surface area contributed by atoms with Gasteiger partial charge in [0.1, 0.15) is 11.6 Å². The molecule has 2 rings (SSSR count). The average Bonchev–Trinajstić information content (AvgIpc) is 2.46. The minimum absolute atomic E-state index is 0.0148. The lowest BCUT2D eigenvalue weighted by molar-refractivity contribution is -0.118. The summed E-state index contributed by atoms with van der Waals surface area (Å²) in [6, 6.07) is 10.3. The Kier molecular flexibility index (Phi) is 5.59. The summed E-state index contributed by atoms with van der Waals surface area (Å²) >= 11 is 6.79. The highest BCUT2D eigenvalue weighted by atomic mass is 35.5. The van der Waals surface area contributed by atoms with Crippen LogP contribution < -0.4 is 5.32 Å². The molecule has 0 fully saturated rings. The van der Waals surface area contributed by atoms with Gasteiger partial charge in [-0.05, 0) is 35.9 Å². The highest BCUT2D eigenvalue weighted by Crippen LogP contribution is 2.22. The van der Waals surface area contributed by atoms with Crippen LogP contribution >= 0.6 is 23.4 Å². The van der Waals surface area contributed by atoms with Crippen LogP contribution in [0.3, 0.4) is 0 Å². The molecular formula is C15H12ClF2NOS. The van der Waals surface area contributed by atoms with Crippen LogP contribution in [0, 0.1) is 11.6 Å². The first-order chi connectivity index (χ1) is 10.0. The first kappa shape index (κ1) is 15.8. The van der Waals surface area contributed by atoms with Crippen molar-refractivity contribution in [3.63, 3.8) is 0 Å². The Morgan fingerprint density at radius 1 is 1.19 bits per heavy atom. The fourth-order valence-electron chi connectivity index (χ4n) is 1.63. The maximum Gasteiger partial charge on any atom is 0.230 e. The maximum absolute atomic E-state index is 13.4. The molecule has 0 unspecified atom stereocenters. The van der Waals surface area contributed by atoms with E-state index in [1.807, 2.05) is 6.07 Å². The molecule has 110 valence electrons. The van der Waals surface area contributed by atoms with E-state index in [1.54, 1.807) is 18.2 Å². The Morgan fingerprint density at radius 2 is 2.00 bits per heavy atom. The van der Waals surface area contributed by atoms with Crippen LogP contribution in [0.5, 0.6) is 0 Å². The second-order valence-corrected chi connectivity index (χ2v) is 5.72. The summed E-state index contributed by atoms with van der Waals surface area (Å²) in [5, 5.41) is 3.29. The fraction of sp³-hybridized carbons (Fsp3) is 0.133. The molecule has 2 aromatic carbocycles. The highest BCUT2D eigenvalue weighted by molar-refractivity contribution is 8.00. The lowest BCUT2D eigenvalue weighted by Crippen LogP contribution is -2.24. The number of thioether (sulfide) groups is 1. The quantitative estimate of drug-likeness (QED) is 0.840. The minimum atomic E-state index is -0.538. The molecule has 1 N–H and O–H groups in total. The van der Waals surface area contributed by atoms with Crippen molar-refractivity contribution in [1.82, 2.24) is 5.32 Å². The molecule has 0 aliphatic carbocycles. The monoisotopic (exact) mass is 327 g/mol. The predicted octanol–water partition coefficient (Wildman–Crippen LogP) is 4.03. The molecule has 0 saturated heterocycles. The summed E-state index contributed by atoms with van der Waals surface area (Å²) in [4.78, 5) is 11.8. The van der Waals surface area contributed by atoms with Crippen LogP contribution in [-0.2, 0) is 11.3 Å². The van der Waals surface area contributed by atoms with Crippen molar-refractivity contribution in [3.05, 3.63) is 64.7 Å². The average molecular weight is 328 g/mol. The van der Waals surface area contributed by atoms with Gasteiger partial charge in [0.15, 0.2) is 0 Å². The van der Waals surface area contributed by atoms with Gasteiger partial charge in [0.2, 0.25) is 5.91 Å². The summed E-state index contributed by atoms with van der Waals surface area (Å²) in [5.41, 5.74) is 0.873. The Labute approximate surface area is 130 Å². The summed E-state index contributed by atoms with van der Waals surface area (Å²) in [7, 11) is 0. The topological polar surface area (TPSA) is 29.1 Å². The summed E-state index contributed by atoms with van der Waals surface area (Å²) < 4.78 is 26.4. The van der Waals surface area contributed by atoms with Gasteiger partial charge in [-0.25, -0.2) is 8.78 Å². The number of carbonyl (C=O) groups is 1. The molecular weight excluding hydrogens is 316 g/mol. The predicted molar refractivity (Wildman–Crippen MR) is 80.4 cm³/mol. The van der Waals surface area contributed by atoms with Crippen LogP contribution in [0.25, 0.3) is 0 Å². The first-order valence-electron chi connectivity index (χ1n) is 6.13. The van der Waals surface area contributed by atoms with E-state index in [0.29, 0.717) is 11.6 Å². The summed E-state index contributed by atoms with van der Waals surface area (Å²) in [6.45, 7) is 0.339. The SMILES string of the molecule is O=C(CSc1cc(F)ccc1F)NCc1cccc(Cl)c1. The maximum atomic E-state index is 13.4. The Morgan fingerprint density at radius 3 is 2.76 bits per heavy atom. The second kappa shape index (κ2) is 7.43. The molecule has 0 spiro atoms. The van der Waals surface area contributed by atoms with E-state index in [4.69, 9.17) is 11.6 Å². The molecule has 2 aromatic rings. The van der Waals surface area contributed by atoms with Gasteiger partial charge in [-0.2, -0.15) is 0 Å². The molecule has 0 atom stereocenters. The van der Waals surface area contributed by atoms with E-state index >= 15 is 0 Å². The summed E-state index contributed by atoms with van der Waals surface area (Å²) in [6.07, 6.45) is 0. The number of benzene rings is 2. The number of carbonyl (C=O) groups excluding carboxylic acids is 1. The van der Waals surface area contributed by atoms with Gasteiger partial charge in [-0.3, -0.25) is 4.79 Å². The van der Waals surface area contributed by atoms with Crippen molar-refractivity contribution < 1.29 is 13.6 Å². The number of halogens is 3. The molecule has 0 saturated carbocycles. The van der Waals surface area contributed by atoms with Crippen LogP contribution in [0.2, 0.25) is 5.02 Å². The molecule has 0 radical (unpaired) electrons. The largest absolute Gasteiger partial charge is 0.351 e. The zero-order valence-electron chi connectivity index (χ0n) is 10.9. The van der Waals surface area contributed by atoms with Crippen molar-refractivity contribution >= 4 is 29.3 Å². The van der Waals surface area contributed by atoms with Crippen LogP contribution in [0.4, 0.5) is 8.78 Å². The van der Waals surface area contributed by atoms with Crippen molar-refractivity contribution in [2.45, 2.75) is 11.4 Å². The molecule has 2 nitrogen and oxygen atoms in total. The minimum Gasteiger partial charge on any atom is -0.351 e. The van der Waals surface area contributed by atoms with E-state index in [-0.39, 0.29) is 16.6 Å². The Bertz CT molecular complexity index is 651. The number of amides is 1. The smallest absolute Gasteiger partial charge is 0.230 e. The van der Waals surface area contributed by atoms with Gasteiger partial charge in [-0.15, -0.1) is 11.8 Å². The Hall–Kier alpha value is -1.59. The zero-order valence-corrected chi connectivity index (χ0v) is 12.5. The van der Waals surface area contributed by atoms with Crippen LogP contribution in [-0.4, -0.2) is 11.7 Å². The van der Waals surface area contributed by atoms with E-state index in [1.165, 1.54) is 0 Å². The highest BCUT2D eigenvalue weighted by Gasteiger charge is 2.08. The molecule has 6 heteroatoms. The van der Waals surface area contributed by atoms with Crippen LogP contribution in [0.1, 0.15) is 5.56 Å². The molecule has 21 heavy (non-hydrogen) atoms. The number of hydrogen-bond donors (Lipinski definition) is 1. The number of rotatable bonds is 5. The molecule has 0 heterocycles. The zero-order chi connectivity index (χ0) is 15.2. The van der Waals surface area contributed by atoms with Crippen LogP contribution in [0.15, 0.2) is 47.4 Å².